The Hall–Kier alpha value is -3.73. The summed E-state index contributed by atoms with van der Waals surface area (Å²) in [4.78, 5) is 41.8. The van der Waals surface area contributed by atoms with Crippen molar-refractivity contribution in [1.82, 2.24) is 10.3 Å². The second kappa shape index (κ2) is 15.3. The van der Waals surface area contributed by atoms with Gasteiger partial charge in [0.05, 0.1) is 13.2 Å². The lowest BCUT2D eigenvalue weighted by Crippen LogP contribution is -2.45. The van der Waals surface area contributed by atoms with Gasteiger partial charge in [0.1, 0.15) is 18.0 Å². The van der Waals surface area contributed by atoms with Crippen LogP contribution in [-0.4, -0.2) is 61.6 Å². The van der Waals surface area contributed by atoms with Gasteiger partial charge in [-0.15, -0.1) is 0 Å². The fourth-order valence-electron chi connectivity index (χ4n) is 4.72. The molecule has 1 aliphatic rings. The number of halogens is 1. The number of aromatic nitrogens is 1. The predicted molar refractivity (Wildman–Crippen MR) is 147 cm³/mol. The van der Waals surface area contributed by atoms with Crippen molar-refractivity contribution >= 4 is 17.8 Å². The van der Waals surface area contributed by atoms with E-state index in [1.54, 1.807) is 19.1 Å². The Bertz CT molecular complexity index is 1170. The van der Waals surface area contributed by atoms with E-state index in [4.69, 9.17) is 23.7 Å². The average Bonchev–Trinajstić information content (AvgIpc) is 2.97. The van der Waals surface area contributed by atoms with Crippen LogP contribution in [0.1, 0.15) is 63.0 Å². The lowest BCUT2D eigenvalue weighted by Gasteiger charge is -2.32. The molecule has 0 bridgehead atoms. The zero-order valence-electron chi connectivity index (χ0n) is 24.2. The van der Waals surface area contributed by atoms with Crippen molar-refractivity contribution in [1.29, 1.82) is 0 Å². The van der Waals surface area contributed by atoms with Gasteiger partial charge in [0.15, 0.2) is 17.2 Å². The normalized spacial score (nSPS) is 21.2. The summed E-state index contributed by atoms with van der Waals surface area (Å²) < 4.78 is 41.2. The summed E-state index contributed by atoms with van der Waals surface area (Å²) in [5, 5.41) is 2.73. The molecule has 0 radical (unpaired) electrons. The molecule has 0 spiro atoms. The molecule has 1 amide bonds. The molecule has 1 aromatic heterocycles. The first-order valence-electron chi connectivity index (χ1n) is 13.8. The third-order valence-electron chi connectivity index (χ3n) is 6.69. The van der Waals surface area contributed by atoms with E-state index in [-0.39, 0.29) is 40.9 Å². The second-order valence-electron chi connectivity index (χ2n) is 10.5. The number of methoxy groups -OCH3 is 1. The van der Waals surface area contributed by atoms with Crippen molar-refractivity contribution in [2.45, 2.75) is 71.6 Å². The summed E-state index contributed by atoms with van der Waals surface area (Å²) >= 11 is 0. The smallest absolute Gasteiger partial charge is 0.329 e. The number of rotatable bonds is 11. The van der Waals surface area contributed by atoms with Crippen LogP contribution in [0.4, 0.5) is 4.39 Å². The number of cyclic esters (lactones) is 1. The minimum atomic E-state index is -0.949. The van der Waals surface area contributed by atoms with Crippen LogP contribution in [0.2, 0.25) is 0 Å². The van der Waals surface area contributed by atoms with Crippen molar-refractivity contribution in [3.8, 4) is 11.5 Å². The van der Waals surface area contributed by atoms with Crippen molar-refractivity contribution in [2.24, 2.45) is 11.8 Å². The Balaban J connectivity index is 1.79. The highest BCUT2D eigenvalue weighted by Crippen LogP contribution is 2.31. The number of esters is 2. The summed E-state index contributed by atoms with van der Waals surface area (Å²) in [7, 11) is 1.40. The number of hydrogen-bond donors (Lipinski definition) is 1. The van der Waals surface area contributed by atoms with Gasteiger partial charge in [0, 0.05) is 25.8 Å². The fourth-order valence-corrected chi connectivity index (χ4v) is 4.72. The first-order chi connectivity index (χ1) is 19.6. The van der Waals surface area contributed by atoms with Gasteiger partial charge in [-0.2, -0.15) is 0 Å². The molecular formula is C30H39FN2O8. The van der Waals surface area contributed by atoms with Crippen LogP contribution in [0.25, 0.3) is 0 Å². The molecule has 1 N–H and O–H groups in total. The van der Waals surface area contributed by atoms with Gasteiger partial charge in [-0.25, -0.2) is 14.2 Å². The molecule has 0 aliphatic carbocycles. The van der Waals surface area contributed by atoms with Gasteiger partial charge in [0.25, 0.3) is 5.91 Å². The van der Waals surface area contributed by atoms with Crippen LogP contribution in [0, 0.1) is 17.7 Å². The number of pyridine rings is 1. The summed E-state index contributed by atoms with van der Waals surface area (Å²) in [6.07, 6.45) is 2.63. The molecule has 224 valence electrons. The number of nitrogens with zero attached hydrogens (tertiary/aromatic N) is 1. The molecule has 11 heteroatoms. The lowest BCUT2D eigenvalue weighted by molar-refractivity contribution is -0.161. The molecule has 4 atom stereocenters. The van der Waals surface area contributed by atoms with Gasteiger partial charge >= 0.3 is 11.9 Å². The number of amides is 1. The van der Waals surface area contributed by atoms with Gasteiger partial charge in [-0.3, -0.25) is 9.59 Å². The van der Waals surface area contributed by atoms with E-state index >= 15 is 0 Å². The molecule has 10 nitrogen and oxygen atoms in total. The van der Waals surface area contributed by atoms with Crippen LogP contribution in [-0.2, 0) is 30.2 Å². The molecule has 1 aromatic carbocycles. The molecule has 1 saturated heterocycles. The number of carbonyl (C=O) groups is 3. The van der Waals surface area contributed by atoms with E-state index in [1.165, 1.54) is 38.4 Å². The van der Waals surface area contributed by atoms with Crippen LogP contribution in [0.3, 0.4) is 0 Å². The number of carbonyl (C=O) groups excluding carboxylic acids is 3. The van der Waals surface area contributed by atoms with Crippen LogP contribution < -0.4 is 14.8 Å². The zero-order valence-corrected chi connectivity index (χ0v) is 24.2. The van der Waals surface area contributed by atoms with Gasteiger partial charge in [0.2, 0.25) is 6.79 Å². The van der Waals surface area contributed by atoms with Crippen molar-refractivity contribution in [3.05, 3.63) is 53.6 Å². The monoisotopic (exact) mass is 574 g/mol. The average molecular weight is 575 g/mol. The third kappa shape index (κ3) is 9.41. The highest BCUT2D eigenvalue weighted by Gasteiger charge is 2.35. The molecule has 3 rings (SSSR count). The van der Waals surface area contributed by atoms with Crippen molar-refractivity contribution in [2.75, 3.05) is 20.5 Å². The van der Waals surface area contributed by atoms with E-state index in [0.717, 1.165) is 5.56 Å². The van der Waals surface area contributed by atoms with Crippen LogP contribution in [0.5, 0.6) is 11.5 Å². The van der Waals surface area contributed by atoms with Gasteiger partial charge in [-0.05, 0) is 55.7 Å². The zero-order chi connectivity index (χ0) is 29.9. The lowest BCUT2D eigenvalue weighted by atomic mass is 9.86. The maximum absolute atomic E-state index is 13.5. The SMILES string of the molecule is COc1ccnc(C(=O)N[C@H]2CCC[C@H](Cc3ccc(F)cc3)[C@@H](OCC(C)C)[C@H](C)OC2=O)c1OCOC(C)=O. The van der Waals surface area contributed by atoms with Crippen molar-refractivity contribution < 1.29 is 42.5 Å². The Labute approximate surface area is 239 Å². The Morgan fingerprint density at radius 3 is 2.56 bits per heavy atom. The predicted octanol–water partition coefficient (Wildman–Crippen LogP) is 4.24. The maximum Gasteiger partial charge on any atom is 0.329 e. The molecule has 1 aliphatic heterocycles. The Kier molecular flexibility index (Phi) is 11.9. The van der Waals surface area contributed by atoms with E-state index in [0.29, 0.717) is 32.3 Å². The number of nitrogens with one attached hydrogen (secondary N) is 1. The largest absolute Gasteiger partial charge is 0.493 e. The molecule has 0 unspecified atom stereocenters. The molecule has 2 heterocycles. The van der Waals surface area contributed by atoms with E-state index < -0.39 is 36.8 Å². The second-order valence-corrected chi connectivity index (χ2v) is 10.5. The summed E-state index contributed by atoms with van der Waals surface area (Å²) in [5.41, 5.74) is 0.826. The molecular weight excluding hydrogens is 535 g/mol. The number of benzene rings is 1. The molecule has 2 aromatic rings. The standard InChI is InChI=1S/C30H39FN2O8/c1-18(2)16-38-27-19(3)41-30(36)24(8-6-7-22(27)15-21-9-11-23(31)12-10-21)33-29(35)26-28(40-17-39-20(4)34)25(37-5)13-14-32-26/h9-14,18-19,22,24,27H,6-8,15-17H2,1-5H3,(H,33,35)/t19-,22+,24-,27-/m0/s1. The van der Waals surface area contributed by atoms with E-state index in [1.807, 2.05) is 13.8 Å². The van der Waals surface area contributed by atoms with Crippen LogP contribution in [0.15, 0.2) is 36.5 Å². The van der Waals surface area contributed by atoms with Crippen LogP contribution >= 0.6 is 0 Å². The maximum atomic E-state index is 13.5. The number of hydrogen-bond acceptors (Lipinski definition) is 9. The van der Waals surface area contributed by atoms with E-state index in [9.17, 15) is 18.8 Å². The Morgan fingerprint density at radius 2 is 1.90 bits per heavy atom. The topological polar surface area (TPSA) is 122 Å². The highest BCUT2D eigenvalue weighted by molar-refractivity contribution is 5.98. The summed E-state index contributed by atoms with van der Waals surface area (Å²) in [6, 6.07) is 6.91. The molecule has 41 heavy (non-hydrogen) atoms. The third-order valence-corrected chi connectivity index (χ3v) is 6.69. The van der Waals surface area contributed by atoms with Gasteiger partial charge in [-0.1, -0.05) is 32.4 Å². The minimum Gasteiger partial charge on any atom is -0.493 e. The highest BCUT2D eigenvalue weighted by atomic mass is 19.1. The first kappa shape index (κ1) is 31.8. The minimum absolute atomic E-state index is 0.00204. The quantitative estimate of drug-likeness (QED) is 0.310. The summed E-state index contributed by atoms with van der Waals surface area (Å²) in [6.45, 7) is 7.14. The Morgan fingerprint density at radius 1 is 1.17 bits per heavy atom. The van der Waals surface area contributed by atoms with Crippen molar-refractivity contribution in [3.63, 3.8) is 0 Å². The van der Waals surface area contributed by atoms with Gasteiger partial charge < -0.3 is 29.0 Å². The molecule has 1 fully saturated rings. The molecule has 0 saturated carbocycles. The summed E-state index contributed by atoms with van der Waals surface area (Å²) in [5.74, 6) is -1.68. The first-order valence-corrected chi connectivity index (χ1v) is 13.8. The fraction of sp³-hybridized carbons (Fsp3) is 0.533. The van der Waals surface area contributed by atoms with E-state index in [2.05, 4.69) is 10.3 Å². The number of ether oxygens (including phenoxy) is 5.